The standard InChI is InChI=1S/C10H10ClN3O/c1-6-8(15)3-2-7(5-12)10(6)14-9(13)4-11/h2-3,15H,4H2,1H3,(H2,13,14). The minimum absolute atomic E-state index is 0.0788. The Bertz CT molecular complexity index is 449. The lowest BCUT2D eigenvalue weighted by Gasteiger charge is -2.05. The zero-order valence-corrected chi connectivity index (χ0v) is 8.91. The summed E-state index contributed by atoms with van der Waals surface area (Å²) in [5.41, 5.74) is 6.72. The molecule has 0 saturated carbocycles. The Kier molecular flexibility index (Phi) is 3.53. The SMILES string of the molecule is Cc1c(O)ccc(C#N)c1N=C(N)CCl. The van der Waals surface area contributed by atoms with Gasteiger partial charge >= 0.3 is 0 Å². The summed E-state index contributed by atoms with van der Waals surface area (Å²) in [5.74, 6) is 0.372. The van der Waals surface area contributed by atoms with Crippen LogP contribution in [0.2, 0.25) is 0 Å². The monoisotopic (exact) mass is 223 g/mol. The predicted molar refractivity (Wildman–Crippen MR) is 59.6 cm³/mol. The number of nitriles is 1. The number of rotatable bonds is 2. The second kappa shape index (κ2) is 4.67. The Morgan fingerprint density at radius 2 is 2.33 bits per heavy atom. The Hall–Kier alpha value is -1.73. The Labute approximate surface area is 92.6 Å². The van der Waals surface area contributed by atoms with Crippen LogP contribution in [0.15, 0.2) is 17.1 Å². The van der Waals surface area contributed by atoms with Gasteiger partial charge in [0.15, 0.2) is 0 Å². The molecule has 0 spiro atoms. The summed E-state index contributed by atoms with van der Waals surface area (Å²) < 4.78 is 0. The van der Waals surface area contributed by atoms with Crippen LogP contribution >= 0.6 is 11.6 Å². The highest BCUT2D eigenvalue weighted by Gasteiger charge is 2.08. The molecular weight excluding hydrogens is 214 g/mol. The highest BCUT2D eigenvalue weighted by atomic mass is 35.5. The molecule has 4 nitrogen and oxygen atoms in total. The number of hydrogen-bond donors (Lipinski definition) is 2. The van der Waals surface area contributed by atoms with Gasteiger partial charge in [-0.1, -0.05) is 0 Å². The first-order valence-corrected chi connectivity index (χ1v) is 4.75. The molecule has 0 atom stereocenters. The van der Waals surface area contributed by atoms with E-state index < -0.39 is 0 Å². The fourth-order valence-electron chi connectivity index (χ4n) is 1.10. The van der Waals surface area contributed by atoms with Crippen molar-refractivity contribution in [3.63, 3.8) is 0 Å². The summed E-state index contributed by atoms with van der Waals surface area (Å²) in [6.07, 6.45) is 0. The van der Waals surface area contributed by atoms with Crippen LogP contribution in [0.25, 0.3) is 0 Å². The van der Waals surface area contributed by atoms with Crippen molar-refractivity contribution in [2.24, 2.45) is 10.7 Å². The molecule has 3 N–H and O–H groups in total. The van der Waals surface area contributed by atoms with E-state index in [0.717, 1.165) is 0 Å². The van der Waals surface area contributed by atoms with Crippen LogP contribution in [-0.2, 0) is 0 Å². The van der Waals surface area contributed by atoms with Crippen molar-refractivity contribution in [3.05, 3.63) is 23.3 Å². The number of alkyl halides is 1. The molecule has 0 unspecified atom stereocenters. The lowest BCUT2D eigenvalue weighted by atomic mass is 10.1. The van der Waals surface area contributed by atoms with Crippen LogP contribution in [0.5, 0.6) is 5.75 Å². The molecule has 0 aromatic heterocycles. The van der Waals surface area contributed by atoms with E-state index in [-0.39, 0.29) is 17.5 Å². The molecule has 0 radical (unpaired) electrons. The zero-order chi connectivity index (χ0) is 11.4. The summed E-state index contributed by atoms with van der Waals surface area (Å²) in [4.78, 5) is 3.99. The van der Waals surface area contributed by atoms with E-state index in [1.54, 1.807) is 6.92 Å². The van der Waals surface area contributed by atoms with E-state index in [1.165, 1.54) is 12.1 Å². The number of nitrogens with zero attached hydrogens (tertiary/aromatic N) is 2. The first kappa shape index (κ1) is 11.3. The van der Waals surface area contributed by atoms with Gasteiger partial charge in [0, 0.05) is 5.56 Å². The van der Waals surface area contributed by atoms with E-state index in [1.807, 2.05) is 6.07 Å². The molecule has 0 saturated heterocycles. The molecule has 0 aliphatic carbocycles. The average Bonchev–Trinajstić information content (AvgIpc) is 2.25. The highest BCUT2D eigenvalue weighted by molar-refractivity contribution is 6.28. The van der Waals surface area contributed by atoms with E-state index in [9.17, 15) is 5.11 Å². The maximum atomic E-state index is 9.45. The van der Waals surface area contributed by atoms with Crippen LogP contribution in [-0.4, -0.2) is 16.8 Å². The quantitative estimate of drug-likeness (QED) is 0.456. The van der Waals surface area contributed by atoms with Crippen molar-refractivity contribution in [2.75, 3.05) is 5.88 Å². The van der Waals surface area contributed by atoms with E-state index in [4.69, 9.17) is 22.6 Å². The van der Waals surface area contributed by atoms with Crippen molar-refractivity contribution in [3.8, 4) is 11.8 Å². The minimum Gasteiger partial charge on any atom is -0.508 e. The summed E-state index contributed by atoms with van der Waals surface area (Å²) in [5, 5.41) is 18.3. The molecule has 1 rings (SSSR count). The molecule has 78 valence electrons. The van der Waals surface area contributed by atoms with Crippen molar-refractivity contribution >= 4 is 23.1 Å². The summed E-state index contributed by atoms with van der Waals surface area (Å²) in [6.45, 7) is 1.66. The van der Waals surface area contributed by atoms with Gasteiger partial charge in [0.05, 0.1) is 17.1 Å². The van der Waals surface area contributed by atoms with Crippen LogP contribution in [0.1, 0.15) is 11.1 Å². The molecule has 5 heteroatoms. The molecule has 1 aromatic rings. The number of amidine groups is 1. The number of halogens is 1. The number of aromatic hydroxyl groups is 1. The minimum atomic E-state index is 0.0788. The third-order valence-electron chi connectivity index (χ3n) is 1.92. The summed E-state index contributed by atoms with van der Waals surface area (Å²) in [6, 6.07) is 4.91. The first-order valence-electron chi connectivity index (χ1n) is 4.21. The molecular formula is C10H10ClN3O. The number of hydrogen-bond acceptors (Lipinski definition) is 3. The maximum Gasteiger partial charge on any atom is 0.120 e. The fraction of sp³-hybridized carbons (Fsp3) is 0.200. The number of phenols is 1. The number of aliphatic imine (C=N–C) groups is 1. The summed E-state index contributed by atoms with van der Waals surface area (Å²) in [7, 11) is 0. The van der Waals surface area contributed by atoms with E-state index in [2.05, 4.69) is 4.99 Å². The second-order valence-corrected chi connectivity index (χ2v) is 3.22. The number of nitrogens with two attached hydrogens (primary N) is 1. The van der Waals surface area contributed by atoms with Gasteiger partial charge in [0.25, 0.3) is 0 Å². The van der Waals surface area contributed by atoms with Crippen molar-refractivity contribution in [1.29, 1.82) is 5.26 Å². The molecule has 0 aliphatic rings. The third kappa shape index (κ3) is 2.39. The van der Waals surface area contributed by atoms with Crippen molar-refractivity contribution in [1.82, 2.24) is 0 Å². The molecule has 0 amide bonds. The molecule has 0 bridgehead atoms. The molecule has 0 aliphatic heterocycles. The van der Waals surface area contributed by atoms with Gasteiger partial charge in [-0.3, -0.25) is 0 Å². The lowest BCUT2D eigenvalue weighted by molar-refractivity contribution is 0.471. The second-order valence-electron chi connectivity index (χ2n) is 2.95. The zero-order valence-electron chi connectivity index (χ0n) is 8.16. The smallest absolute Gasteiger partial charge is 0.120 e. The molecule has 0 heterocycles. The summed E-state index contributed by atoms with van der Waals surface area (Å²) >= 11 is 5.49. The predicted octanol–water partition coefficient (Wildman–Crippen LogP) is 1.80. The molecule has 0 fully saturated rings. The average molecular weight is 224 g/mol. The van der Waals surface area contributed by atoms with Gasteiger partial charge in [-0.25, -0.2) is 4.99 Å². The Balaban J connectivity index is 3.38. The van der Waals surface area contributed by atoms with Gasteiger partial charge in [0.1, 0.15) is 17.7 Å². The largest absolute Gasteiger partial charge is 0.508 e. The van der Waals surface area contributed by atoms with E-state index >= 15 is 0 Å². The van der Waals surface area contributed by atoms with Crippen molar-refractivity contribution in [2.45, 2.75) is 6.92 Å². The van der Waals surface area contributed by atoms with Gasteiger partial charge in [-0.05, 0) is 19.1 Å². The number of phenolic OH excluding ortho intramolecular Hbond substituents is 1. The first-order chi connectivity index (χ1) is 7.10. The normalized spacial score (nSPS) is 11.1. The highest BCUT2D eigenvalue weighted by Crippen LogP contribution is 2.30. The van der Waals surface area contributed by atoms with Gasteiger partial charge in [0.2, 0.25) is 0 Å². The van der Waals surface area contributed by atoms with Crippen LogP contribution in [0.3, 0.4) is 0 Å². The number of benzene rings is 1. The molecule has 15 heavy (non-hydrogen) atoms. The fourth-order valence-corrected chi connectivity index (χ4v) is 1.16. The van der Waals surface area contributed by atoms with E-state index in [0.29, 0.717) is 16.8 Å². The maximum absolute atomic E-state index is 9.45. The van der Waals surface area contributed by atoms with Gasteiger partial charge in [-0.2, -0.15) is 5.26 Å². The van der Waals surface area contributed by atoms with Gasteiger partial charge < -0.3 is 10.8 Å². The van der Waals surface area contributed by atoms with Crippen LogP contribution < -0.4 is 5.73 Å². The Morgan fingerprint density at radius 3 is 2.87 bits per heavy atom. The third-order valence-corrected chi connectivity index (χ3v) is 2.19. The Morgan fingerprint density at radius 1 is 1.67 bits per heavy atom. The van der Waals surface area contributed by atoms with Crippen LogP contribution in [0, 0.1) is 18.3 Å². The molecule has 1 aromatic carbocycles. The van der Waals surface area contributed by atoms with Gasteiger partial charge in [-0.15, -0.1) is 11.6 Å². The topological polar surface area (TPSA) is 82.4 Å². The van der Waals surface area contributed by atoms with Crippen molar-refractivity contribution < 1.29 is 5.11 Å². The van der Waals surface area contributed by atoms with Crippen LogP contribution in [0.4, 0.5) is 5.69 Å². The lowest BCUT2D eigenvalue weighted by Crippen LogP contribution is -2.12.